The number of nitrogens with two attached hydrogens (primary N) is 1. The molecule has 0 aromatic heterocycles. The number of rotatable bonds is 3. The van der Waals surface area contributed by atoms with Gasteiger partial charge in [-0.1, -0.05) is 0 Å². The van der Waals surface area contributed by atoms with Crippen LogP contribution in [0.25, 0.3) is 0 Å². The van der Waals surface area contributed by atoms with Crippen LogP contribution in [0.5, 0.6) is 5.75 Å². The summed E-state index contributed by atoms with van der Waals surface area (Å²) in [4.78, 5) is 3.96. The van der Waals surface area contributed by atoms with Gasteiger partial charge in [-0.25, -0.2) is 4.99 Å². The Hall–Kier alpha value is -0.220. The zero-order chi connectivity index (χ0) is 13.9. The fraction of sp³-hybridized carbons (Fsp3) is 0.222. The van der Waals surface area contributed by atoms with E-state index >= 15 is 0 Å². The molecule has 0 aliphatic carbocycles. The molecular weight excluding hydrogens is 451 g/mol. The van der Waals surface area contributed by atoms with Crippen molar-refractivity contribution in [1.29, 1.82) is 0 Å². The maximum Gasteiger partial charge on any atom is 0.573 e. The lowest BCUT2D eigenvalue weighted by atomic mass is 10.3. The van der Waals surface area contributed by atoms with Gasteiger partial charge in [0, 0.05) is 3.57 Å². The molecule has 0 atom stereocenters. The second-order valence-corrected chi connectivity index (χ2v) is 5.30. The van der Waals surface area contributed by atoms with Crippen LogP contribution < -0.4 is 10.5 Å². The smallest absolute Gasteiger partial charge is 0.405 e. The van der Waals surface area contributed by atoms with Gasteiger partial charge < -0.3 is 10.5 Å². The van der Waals surface area contributed by atoms with E-state index in [1.54, 1.807) is 0 Å². The van der Waals surface area contributed by atoms with Crippen LogP contribution >= 0.6 is 50.1 Å². The third-order valence-electron chi connectivity index (χ3n) is 1.63. The molecule has 0 unspecified atom stereocenters. The molecule has 1 rings (SSSR count). The van der Waals surface area contributed by atoms with E-state index in [0.717, 1.165) is 0 Å². The Morgan fingerprint density at radius 1 is 1.50 bits per heavy atom. The fourth-order valence-electron chi connectivity index (χ4n) is 0.991. The SMILES string of the molecule is NC(CCl)=Nc1cc(Br)c(OC(F)(F)F)cc1I. The molecule has 0 amide bonds. The van der Waals surface area contributed by atoms with Crippen LogP contribution in [0.1, 0.15) is 0 Å². The summed E-state index contributed by atoms with van der Waals surface area (Å²) in [6.07, 6.45) is -4.74. The summed E-state index contributed by atoms with van der Waals surface area (Å²) in [5.41, 5.74) is 5.86. The molecule has 0 bridgehead atoms. The van der Waals surface area contributed by atoms with Crippen molar-refractivity contribution in [3.8, 4) is 5.75 Å². The van der Waals surface area contributed by atoms with Gasteiger partial charge in [0.2, 0.25) is 0 Å². The van der Waals surface area contributed by atoms with Crippen molar-refractivity contribution in [2.75, 3.05) is 5.88 Å². The average Bonchev–Trinajstić information content (AvgIpc) is 2.23. The number of hydrogen-bond donors (Lipinski definition) is 1. The minimum Gasteiger partial charge on any atom is -0.405 e. The summed E-state index contributed by atoms with van der Waals surface area (Å²) < 4.78 is 40.8. The summed E-state index contributed by atoms with van der Waals surface area (Å²) in [5.74, 6) is -0.129. The van der Waals surface area contributed by atoms with Gasteiger partial charge >= 0.3 is 6.36 Å². The lowest BCUT2D eigenvalue weighted by molar-refractivity contribution is -0.274. The van der Waals surface area contributed by atoms with E-state index in [2.05, 4.69) is 25.7 Å². The average molecular weight is 457 g/mol. The van der Waals surface area contributed by atoms with Crippen molar-refractivity contribution in [2.45, 2.75) is 6.36 Å². The Kier molecular flexibility index (Phi) is 5.53. The predicted octanol–water partition coefficient (Wildman–Crippen LogP) is 4.18. The second kappa shape index (κ2) is 6.29. The molecule has 18 heavy (non-hydrogen) atoms. The van der Waals surface area contributed by atoms with Gasteiger partial charge in [-0.05, 0) is 50.7 Å². The minimum atomic E-state index is -4.74. The summed E-state index contributed by atoms with van der Waals surface area (Å²) in [6.45, 7) is 0. The monoisotopic (exact) mass is 456 g/mol. The van der Waals surface area contributed by atoms with E-state index in [4.69, 9.17) is 17.3 Å². The van der Waals surface area contributed by atoms with Crippen LogP contribution in [-0.4, -0.2) is 18.1 Å². The van der Waals surface area contributed by atoms with E-state index in [-0.39, 0.29) is 21.9 Å². The Labute approximate surface area is 128 Å². The molecule has 1 aromatic carbocycles. The summed E-state index contributed by atoms with van der Waals surface area (Å²) in [7, 11) is 0. The highest BCUT2D eigenvalue weighted by molar-refractivity contribution is 14.1. The van der Waals surface area contributed by atoms with Crippen molar-refractivity contribution in [3.05, 3.63) is 20.2 Å². The lowest BCUT2D eigenvalue weighted by Gasteiger charge is -2.12. The maximum atomic E-state index is 12.1. The predicted molar refractivity (Wildman–Crippen MR) is 75.5 cm³/mol. The summed E-state index contributed by atoms with van der Waals surface area (Å²) >= 11 is 10.3. The van der Waals surface area contributed by atoms with Crippen LogP contribution in [0, 0.1) is 3.57 Å². The van der Waals surface area contributed by atoms with Gasteiger partial charge in [0.15, 0.2) is 0 Å². The van der Waals surface area contributed by atoms with E-state index in [1.807, 2.05) is 22.6 Å². The van der Waals surface area contributed by atoms with Gasteiger partial charge in [-0.15, -0.1) is 24.8 Å². The summed E-state index contributed by atoms with van der Waals surface area (Å²) in [5, 5.41) is 0. The number of amidine groups is 1. The molecule has 0 aliphatic heterocycles. The number of alkyl halides is 4. The third-order valence-corrected chi connectivity index (χ3v) is 3.39. The van der Waals surface area contributed by atoms with Crippen molar-refractivity contribution >= 4 is 61.6 Å². The number of halogens is 6. The fourth-order valence-corrected chi connectivity index (χ4v) is 2.02. The van der Waals surface area contributed by atoms with Crippen molar-refractivity contribution in [2.24, 2.45) is 10.7 Å². The first kappa shape index (κ1) is 15.8. The highest BCUT2D eigenvalue weighted by atomic mass is 127. The molecule has 0 heterocycles. The number of nitrogens with zero attached hydrogens (tertiary/aromatic N) is 1. The highest BCUT2D eigenvalue weighted by Crippen LogP contribution is 2.36. The zero-order valence-electron chi connectivity index (χ0n) is 8.56. The van der Waals surface area contributed by atoms with E-state index < -0.39 is 6.36 Å². The normalized spacial score (nSPS) is 12.7. The molecular formula is C9H6BrClF3IN2O. The molecule has 3 nitrogen and oxygen atoms in total. The molecule has 0 fully saturated rings. The summed E-state index contributed by atoms with van der Waals surface area (Å²) in [6, 6.07) is 2.58. The minimum absolute atomic E-state index is 0.0362. The number of ether oxygens (including phenoxy) is 1. The van der Waals surface area contributed by atoms with Gasteiger partial charge in [-0.2, -0.15) is 0 Å². The van der Waals surface area contributed by atoms with Crippen molar-refractivity contribution in [1.82, 2.24) is 0 Å². The third kappa shape index (κ3) is 4.81. The highest BCUT2D eigenvalue weighted by Gasteiger charge is 2.32. The molecule has 0 saturated heterocycles. The zero-order valence-corrected chi connectivity index (χ0v) is 13.1. The molecule has 0 spiro atoms. The maximum absolute atomic E-state index is 12.1. The van der Waals surface area contributed by atoms with E-state index in [1.165, 1.54) is 12.1 Å². The topological polar surface area (TPSA) is 47.6 Å². The van der Waals surface area contributed by atoms with Crippen molar-refractivity contribution in [3.63, 3.8) is 0 Å². The largest absolute Gasteiger partial charge is 0.573 e. The number of benzene rings is 1. The molecule has 2 N–H and O–H groups in total. The Bertz CT molecular complexity index is 482. The first-order chi connectivity index (χ1) is 8.23. The van der Waals surface area contributed by atoms with Gasteiger partial charge in [-0.3, -0.25) is 0 Å². The van der Waals surface area contributed by atoms with Gasteiger partial charge in [0.05, 0.1) is 16.0 Å². The second-order valence-electron chi connectivity index (χ2n) is 3.02. The quantitative estimate of drug-likeness (QED) is 0.321. The van der Waals surface area contributed by atoms with Gasteiger partial charge in [0.25, 0.3) is 0 Å². The Morgan fingerprint density at radius 2 is 2.11 bits per heavy atom. The van der Waals surface area contributed by atoms with E-state index in [0.29, 0.717) is 9.26 Å². The van der Waals surface area contributed by atoms with Crippen molar-refractivity contribution < 1.29 is 17.9 Å². The van der Waals surface area contributed by atoms with E-state index in [9.17, 15) is 13.2 Å². The number of aliphatic imine (C=N–C) groups is 1. The van der Waals surface area contributed by atoms with Crippen LogP contribution in [0.3, 0.4) is 0 Å². The molecule has 1 aromatic rings. The molecule has 0 radical (unpaired) electrons. The molecule has 9 heteroatoms. The van der Waals surface area contributed by atoms with Crippen LogP contribution in [-0.2, 0) is 0 Å². The first-order valence-corrected chi connectivity index (χ1v) is 6.77. The van der Waals surface area contributed by atoms with Crippen LogP contribution in [0.15, 0.2) is 21.6 Å². The molecule has 100 valence electrons. The Morgan fingerprint density at radius 3 is 2.61 bits per heavy atom. The van der Waals surface area contributed by atoms with Crippen LogP contribution in [0.4, 0.5) is 18.9 Å². The van der Waals surface area contributed by atoms with Crippen LogP contribution in [0.2, 0.25) is 0 Å². The first-order valence-electron chi connectivity index (χ1n) is 4.36. The Balaban J connectivity index is 3.12. The molecule has 0 saturated carbocycles. The lowest BCUT2D eigenvalue weighted by Crippen LogP contribution is -2.17. The number of hydrogen-bond acceptors (Lipinski definition) is 2. The molecule has 0 aliphatic rings. The van der Waals surface area contributed by atoms with Gasteiger partial charge in [0.1, 0.15) is 11.6 Å². The standard InChI is InChI=1S/C9H6BrClF3IN2O/c10-4-1-6(17-8(16)3-11)5(15)2-7(4)18-9(12,13)14/h1-2H,3H2,(H2,16,17).